The molecule has 0 unspecified atom stereocenters. The zero-order valence-corrected chi connectivity index (χ0v) is 11.1. The van der Waals surface area contributed by atoms with Crippen LogP contribution in [0.3, 0.4) is 0 Å². The lowest BCUT2D eigenvalue weighted by molar-refractivity contribution is -0.384. The number of hydrogen-bond acceptors (Lipinski definition) is 3. The van der Waals surface area contributed by atoms with Crippen molar-refractivity contribution in [3.8, 4) is 0 Å². The van der Waals surface area contributed by atoms with Crippen molar-refractivity contribution in [3.63, 3.8) is 0 Å². The summed E-state index contributed by atoms with van der Waals surface area (Å²) in [6.07, 6.45) is 0. The fourth-order valence-electron chi connectivity index (χ4n) is 1.67. The van der Waals surface area contributed by atoms with Crippen molar-refractivity contribution in [3.05, 3.63) is 68.5 Å². The molecule has 0 fully saturated rings. The summed E-state index contributed by atoms with van der Waals surface area (Å²) in [6.45, 7) is -0.0139. The molecule has 0 aliphatic heterocycles. The van der Waals surface area contributed by atoms with Gasteiger partial charge in [-0.25, -0.2) is 13.2 Å². The largest absolute Gasteiger partial charge is 0.379 e. The van der Waals surface area contributed by atoms with E-state index in [0.717, 1.165) is 12.1 Å². The molecule has 0 saturated heterocycles. The number of nitrogens with one attached hydrogen (secondary N) is 1. The van der Waals surface area contributed by atoms with Crippen LogP contribution < -0.4 is 5.32 Å². The molecule has 2 aromatic rings. The van der Waals surface area contributed by atoms with Crippen molar-refractivity contribution in [1.29, 1.82) is 0 Å². The Kier molecular flexibility index (Phi) is 4.32. The first-order valence-corrected chi connectivity index (χ1v) is 6.08. The van der Waals surface area contributed by atoms with Gasteiger partial charge in [-0.1, -0.05) is 17.7 Å². The molecule has 110 valence electrons. The Morgan fingerprint density at radius 3 is 2.52 bits per heavy atom. The van der Waals surface area contributed by atoms with Crippen molar-refractivity contribution in [1.82, 2.24) is 0 Å². The average molecular weight is 317 g/mol. The number of halogens is 4. The standard InChI is InChI=1S/C13H8ClF3N2O2/c14-8-2-1-7(5-11(8)19(20)21)6-18-10-4-3-9(15)12(16)13(10)17/h1-5,18H,6H2. The predicted molar refractivity (Wildman–Crippen MR) is 71.7 cm³/mol. The van der Waals surface area contributed by atoms with Gasteiger partial charge < -0.3 is 5.32 Å². The van der Waals surface area contributed by atoms with Gasteiger partial charge in [0.1, 0.15) is 5.02 Å². The second-order valence-electron chi connectivity index (χ2n) is 4.12. The third-order valence-corrected chi connectivity index (χ3v) is 3.05. The number of nitro benzene ring substituents is 1. The van der Waals surface area contributed by atoms with Crippen LogP contribution in [0.4, 0.5) is 24.5 Å². The lowest BCUT2D eigenvalue weighted by Crippen LogP contribution is -2.04. The molecule has 2 rings (SSSR count). The number of nitrogens with zero attached hydrogens (tertiary/aromatic N) is 1. The molecule has 0 saturated carbocycles. The van der Waals surface area contributed by atoms with E-state index in [4.69, 9.17) is 11.6 Å². The van der Waals surface area contributed by atoms with Crippen LogP contribution in [0.25, 0.3) is 0 Å². The van der Waals surface area contributed by atoms with Gasteiger partial charge in [0.05, 0.1) is 10.6 Å². The summed E-state index contributed by atoms with van der Waals surface area (Å²) in [7, 11) is 0. The van der Waals surface area contributed by atoms with Gasteiger partial charge in [0.25, 0.3) is 5.69 Å². The van der Waals surface area contributed by atoms with Gasteiger partial charge in [-0.2, -0.15) is 0 Å². The van der Waals surface area contributed by atoms with Crippen molar-refractivity contribution >= 4 is 23.0 Å². The molecule has 0 radical (unpaired) electrons. The second-order valence-corrected chi connectivity index (χ2v) is 4.53. The molecule has 0 spiro atoms. The summed E-state index contributed by atoms with van der Waals surface area (Å²) >= 11 is 5.66. The topological polar surface area (TPSA) is 55.2 Å². The molecule has 8 heteroatoms. The van der Waals surface area contributed by atoms with Crippen LogP contribution in [0, 0.1) is 27.6 Å². The highest BCUT2D eigenvalue weighted by Gasteiger charge is 2.15. The van der Waals surface area contributed by atoms with E-state index in [9.17, 15) is 23.3 Å². The molecule has 0 amide bonds. The van der Waals surface area contributed by atoms with Crippen LogP contribution >= 0.6 is 11.6 Å². The Balaban J connectivity index is 2.19. The third-order valence-electron chi connectivity index (χ3n) is 2.73. The first-order valence-electron chi connectivity index (χ1n) is 5.70. The molecule has 0 aliphatic carbocycles. The van der Waals surface area contributed by atoms with E-state index in [1.807, 2.05) is 0 Å². The Morgan fingerprint density at radius 1 is 1.14 bits per heavy atom. The summed E-state index contributed by atoms with van der Waals surface area (Å²) in [4.78, 5) is 10.1. The van der Waals surface area contributed by atoms with Crippen LogP contribution in [-0.4, -0.2) is 4.92 Å². The van der Waals surface area contributed by atoms with Gasteiger partial charge in [0.2, 0.25) is 0 Å². The molecule has 0 atom stereocenters. The van der Waals surface area contributed by atoms with E-state index in [1.54, 1.807) is 0 Å². The van der Waals surface area contributed by atoms with Crippen LogP contribution in [0.2, 0.25) is 5.02 Å². The highest BCUT2D eigenvalue weighted by atomic mass is 35.5. The van der Waals surface area contributed by atoms with Gasteiger partial charge >= 0.3 is 0 Å². The second kappa shape index (κ2) is 6.01. The minimum absolute atomic E-state index is 0.0139. The molecule has 2 aromatic carbocycles. The number of benzene rings is 2. The maximum atomic E-state index is 13.4. The highest BCUT2D eigenvalue weighted by Crippen LogP contribution is 2.26. The maximum absolute atomic E-state index is 13.4. The first-order chi connectivity index (χ1) is 9.90. The summed E-state index contributed by atoms with van der Waals surface area (Å²) in [5.74, 6) is -4.22. The van der Waals surface area contributed by atoms with Gasteiger partial charge in [-0.3, -0.25) is 10.1 Å². The molecule has 0 heterocycles. The number of rotatable bonds is 4. The van der Waals surface area contributed by atoms with Crippen LogP contribution in [0.1, 0.15) is 5.56 Å². The van der Waals surface area contributed by atoms with E-state index in [-0.39, 0.29) is 22.9 Å². The molecule has 21 heavy (non-hydrogen) atoms. The minimum Gasteiger partial charge on any atom is -0.379 e. The summed E-state index contributed by atoms with van der Waals surface area (Å²) in [6, 6.07) is 5.87. The summed E-state index contributed by atoms with van der Waals surface area (Å²) < 4.78 is 39.2. The lowest BCUT2D eigenvalue weighted by Gasteiger charge is -2.08. The average Bonchev–Trinajstić information content (AvgIpc) is 2.45. The minimum atomic E-state index is -1.58. The Bertz CT molecular complexity index is 710. The highest BCUT2D eigenvalue weighted by molar-refractivity contribution is 6.32. The zero-order valence-electron chi connectivity index (χ0n) is 10.4. The van der Waals surface area contributed by atoms with E-state index >= 15 is 0 Å². The fraction of sp³-hybridized carbons (Fsp3) is 0.0769. The van der Waals surface area contributed by atoms with Gasteiger partial charge in [-0.15, -0.1) is 0 Å². The summed E-state index contributed by atoms with van der Waals surface area (Å²) in [5, 5.41) is 13.2. The smallest absolute Gasteiger partial charge is 0.288 e. The van der Waals surface area contributed by atoms with E-state index in [2.05, 4.69) is 5.32 Å². The number of anilines is 1. The zero-order chi connectivity index (χ0) is 15.6. The fourth-order valence-corrected chi connectivity index (χ4v) is 1.85. The first kappa shape index (κ1) is 15.1. The molecule has 1 N–H and O–H groups in total. The predicted octanol–water partition coefficient (Wildman–Crippen LogP) is 4.28. The van der Waals surface area contributed by atoms with Gasteiger partial charge in [-0.05, 0) is 23.8 Å². The summed E-state index contributed by atoms with van der Waals surface area (Å²) in [5.41, 5.74) is -0.0940. The van der Waals surface area contributed by atoms with Crippen LogP contribution in [-0.2, 0) is 6.54 Å². The van der Waals surface area contributed by atoms with Gasteiger partial charge in [0, 0.05) is 12.6 Å². The van der Waals surface area contributed by atoms with Gasteiger partial charge in [0.15, 0.2) is 17.5 Å². The maximum Gasteiger partial charge on any atom is 0.288 e. The van der Waals surface area contributed by atoms with E-state index < -0.39 is 22.4 Å². The van der Waals surface area contributed by atoms with E-state index in [1.165, 1.54) is 18.2 Å². The molecule has 0 bridgehead atoms. The number of hydrogen-bond donors (Lipinski definition) is 1. The van der Waals surface area contributed by atoms with Crippen molar-refractivity contribution in [2.24, 2.45) is 0 Å². The molecule has 4 nitrogen and oxygen atoms in total. The molecular formula is C13H8ClF3N2O2. The molecule has 0 aromatic heterocycles. The van der Waals surface area contributed by atoms with Crippen molar-refractivity contribution in [2.75, 3.05) is 5.32 Å². The molecule has 0 aliphatic rings. The monoisotopic (exact) mass is 316 g/mol. The van der Waals surface area contributed by atoms with Crippen LogP contribution in [0.15, 0.2) is 30.3 Å². The molecular weight excluding hydrogens is 309 g/mol. The van der Waals surface area contributed by atoms with Crippen molar-refractivity contribution < 1.29 is 18.1 Å². The quantitative estimate of drug-likeness (QED) is 0.520. The van der Waals surface area contributed by atoms with E-state index in [0.29, 0.717) is 5.56 Å². The SMILES string of the molecule is O=[N+]([O-])c1cc(CNc2ccc(F)c(F)c2F)ccc1Cl. The lowest BCUT2D eigenvalue weighted by atomic mass is 10.2. The van der Waals surface area contributed by atoms with Crippen LogP contribution in [0.5, 0.6) is 0 Å². The number of nitro groups is 1. The third kappa shape index (κ3) is 3.25. The Labute approximate surface area is 122 Å². The Hall–Kier alpha value is -2.28. The Morgan fingerprint density at radius 2 is 1.86 bits per heavy atom. The normalized spacial score (nSPS) is 10.5. The van der Waals surface area contributed by atoms with Crippen molar-refractivity contribution in [2.45, 2.75) is 6.54 Å².